The summed E-state index contributed by atoms with van der Waals surface area (Å²) in [4.78, 5) is 2.33. The van der Waals surface area contributed by atoms with Gasteiger partial charge in [0, 0.05) is 19.1 Å². The van der Waals surface area contributed by atoms with E-state index in [1.807, 2.05) is 6.07 Å². The Hall–Kier alpha value is -1.06. The Balaban J connectivity index is 2.75. The van der Waals surface area contributed by atoms with Gasteiger partial charge in [-0.1, -0.05) is 26.0 Å². The maximum absolute atomic E-state index is 5.84. The van der Waals surface area contributed by atoms with E-state index in [0.717, 1.165) is 12.3 Å². The second kappa shape index (κ2) is 6.76. The Morgan fingerprint density at radius 3 is 2.44 bits per heavy atom. The van der Waals surface area contributed by atoms with Crippen LogP contribution in [0.2, 0.25) is 0 Å². The molecule has 0 saturated heterocycles. The zero-order valence-electron chi connectivity index (χ0n) is 12.2. The van der Waals surface area contributed by atoms with E-state index < -0.39 is 0 Å². The van der Waals surface area contributed by atoms with Crippen LogP contribution in [0, 0.1) is 12.8 Å². The van der Waals surface area contributed by atoms with E-state index in [-0.39, 0.29) is 0 Å². The van der Waals surface area contributed by atoms with Gasteiger partial charge in [-0.2, -0.15) is 0 Å². The molecule has 0 aliphatic heterocycles. The number of ether oxygens (including phenoxy) is 1. The van der Waals surface area contributed by atoms with Crippen molar-refractivity contribution in [2.75, 3.05) is 20.7 Å². The van der Waals surface area contributed by atoms with Crippen molar-refractivity contribution in [3.05, 3.63) is 29.3 Å². The summed E-state index contributed by atoms with van der Waals surface area (Å²) in [7, 11) is 3.84. The highest BCUT2D eigenvalue weighted by Crippen LogP contribution is 2.20. The SMILES string of the molecule is COc1ccc(CN(C)C(CN)C(C)C)cc1C. The summed E-state index contributed by atoms with van der Waals surface area (Å²) in [6, 6.07) is 6.76. The molecular weight excluding hydrogens is 224 g/mol. The van der Waals surface area contributed by atoms with Crippen molar-refractivity contribution in [1.82, 2.24) is 4.90 Å². The zero-order valence-corrected chi connectivity index (χ0v) is 12.2. The van der Waals surface area contributed by atoms with Crippen LogP contribution in [0.1, 0.15) is 25.0 Å². The topological polar surface area (TPSA) is 38.5 Å². The molecule has 0 radical (unpaired) electrons. The lowest BCUT2D eigenvalue weighted by molar-refractivity contribution is 0.190. The highest BCUT2D eigenvalue weighted by molar-refractivity contribution is 5.36. The van der Waals surface area contributed by atoms with Gasteiger partial charge in [0.2, 0.25) is 0 Å². The third-order valence-electron chi connectivity index (χ3n) is 3.47. The fourth-order valence-electron chi connectivity index (χ4n) is 2.41. The summed E-state index contributed by atoms with van der Waals surface area (Å²) in [5.74, 6) is 1.51. The molecule has 0 bridgehead atoms. The van der Waals surface area contributed by atoms with Crippen LogP contribution in [-0.4, -0.2) is 31.6 Å². The molecule has 1 aromatic rings. The number of hydrogen-bond acceptors (Lipinski definition) is 3. The molecule has 102 valence electrons. The Labute approximate surface area is 111 Å². The van der Waals surface area contributed by atoms with E-state index >= 15 is 0 Å². The lowest BCUT2D eigenvalue weighted by Gasteiger charge is -2.30. The van der Waals surface area contributed by atoms with Gasteiger partial charge in [-0.25, -0.2) is 0 Å². The second-order valence-electron chi connectivity index (χ2n) is 5.27. The van der Waals surface area contributed by atoms with Crippen LogP contribution in [-0.2, 0) is 6.54 Å². The van der Waals surface area contributed by atoms with Gasteiger partial charge < -0.3 is 10.5 Å². The molecule has 1 rings (SSSR count). The standard InChI is InChI=1S/C15H26N2O/c1-11(2)14(9-16)17(4)10-13-6-7-15(18-5)12(3)8-13/h6-8,11,14H,9-10,16H2,1-5H3. The molecule has 1 aromatic carbocycles. The molecule has 0 saturated carbocycles. The average Bonchev–Trinajstić information content (AvgIpc) is 2.29. The van der Waals surface area contributed by atoms with Crippen LogP contribution in [0.25, 0.3) is 0 Å². The number of benzene rings is 1. The molecule has 0 amide bonds. The smallest absolute Gasteiger partial charge is 0.121 e. The highest BCUT2D eigenvalue weighted by atomic mass is 16.5. The summed E-state index contributed by atoms with van der Waals surface area (Å²) in [5, 5.41) is 0. The second-order valence-corrected chi connectivity index (χ2v) is 5.27. The van der Waals surface area contributed by atoms with Crippen molar-refractivity contribution in [3.8, 4) is 5.75 Å². The van der Waals surface area contributed by atoms with Gasteiger partial charge in [-0.15, -0.1) is 0 Å². The van der Waals surface area contributed by atoms with E-state index in [9.17, 15) is 0 Å². The van der Waals surface area contributed by atoms with E-state index in [1.54, 1.807) is 7.11 Å². The zero-order chi connectivity index (χ0) is 13.7. The van der Waals surface area contributed by atoms with E-state index in [2.05, 4.69) is 44.9 Å². The molecule has 2 N–H and O–H groups in total. The molecule has 0 spiro atoms. The number of likely N-dealkylation sites (N-methyl/N-ethyl adjacent to an activating group) is 1. The maximum Gasteiger partial charge on any atom is 0.121 e. The largest absolute Gasteiger partial charge is 0.496 e. The van der Waals surface area contributed by atoms with Gasteiger partial charge >= 0.3 is 0 Å². The van der Waals surface area contributed by atoms with Gasteiger partial charge in [0.1, 0.15) is 5.75 Å². The number of aryl methyl sites for hydroxylation is 1. The molecule has 0 heterocycles. The third-order valence-corrected chi connectivity index (χ3v) is 3.47. The molecule has 0 fully saturated rings. The van der Waals surface area contributed by atoms with Gasteiger partial charge in [0.15, 0.2) is 0 Å². The summed E-state index contributed by atoms with van der Waals surface area (Å²) >= 11 is 0. The monoisotopic (exact) mass is 250 g/mol. The summed E-state index contributed by atoms with van der Waals surface area (Å²) < 4.78 is 5.28. The first-order chi connectivity index (χ1) is 8.49. The fraction of sp³-hybridized carbons (Fsp3) is 0.600. The Morgan fingerprint density at radius 1 is 1.33 bits per heavy atom. The fourth-order valence-corrected chi connectivity index (χ4v) is 2.41. The van der Waals surface area contributed by atoms with Gasteiger partial charge in [-0.05, 0) is 37.1 Å². The van der Waals surface area contributed by atoms with Crippen LogP contribution in [0.3, 0.4) is 0 Å². The van der Waals surface area contributed by atoms with Crippen LogP contribution < -0.4 is 10.5 Å². The van der Waals surface area contributed by atoms with Gasteiger partial charge in [-0.3, -0.25) is 4.90 Å². The van der Waals surface area contributed by atoms with Crippen LogP contribution in [0.4, 0.5) is 0 Å². The van der Waals surface area contributed by atoms with Gasteiger partial charge in [0.05, 0.1) is 7.11 Å². The molecule has 1 unspecified atom stereocenters. The number of rotatable bonds is 6. The van der Waals surface area contributed by atoms with Crippen LogP contribution in [0.15, 0.2) is 18.2 Å². The summed E-state index contributed by atoms with van der Waals surface area (Å²) in [5.41, 5.74) is 8.32. The normalized spacial score (nSPS) is 13.1. The predicted molar refractivity (Wildman–Crippen MR) is 76.9 cm³/mol. The van der Waals surface area contributed by atoms with Gasteiger partial charge in [0.25, 0.3) is 0 Å². The molecule has 18 heavy (non-hydrogen) atoms. The minimum Gasteiger partial charge on any atom is -0.496 e. The Morgan fingerprint density at radius 2 is 2.00 bits per heavy atom. The van der Waals surface area contributed by atoms with Crippen LogP contribution >= 0.6 is 0 Å². The number of nitrogens with two attached hydrogens (primary N) is 1. The van der Waals surface area contributed by atoms with E-state index in [4.69, 9.17) is 10.5 Å². The molecule has 1 atom stereocenters. The Bertz CT molecular complexity index is 377. The van der Waals surface area contributed by atoms with Crippen molar-refractivity contribution in [3.63, 3.8) is 0 Å². The minimum atomic E-state index is 0.424. The minimum absolute atomic E-state index is 0.424. The Kier molecular flexibility index (Phi) is 5.63. The van der Waals surface area contributed by atoms with Crippen LogP contribution in [0.5, 0.6) is 5.75 Å². The van der Waals surface area contributed by atoms with E-state index in [1.165, 1.54) is 11.1 Å². The first kappa shape index (κ1) is 15.0. The molecule has 3 nitrogen and oxygen atoms in total. The molecule has 0 aliphatic carbocycles. The highest BCUT2D eigenvalue weighted by Gasteiger charge is 2.17. The molecule has 3 heteroatoms. The number of hydrogen-bond donors (Lipinski definition) is 1. The lowest BCUT2D eigenvalue weighted by Crippen LogP contribution is -2.41. The van der Waals surface area contributed by atoms with Crippen molar-refractivity contribution < 1.29 is 4.74 Å². The number of methoxy groups -OCH3 is 1. The summed E-state index contributed by atoms with van der Waals surface area (Å²) in [6.07, 6.45) is 0. The predicted octanol–water partition coefficient (Wildman–Crippen LogP) is 2.42. The molecule has 0 aliphatic rings. The molecule has 0 aromatic heterocycles. The molecular formula is C15H26N2O. The quantitative estimate of drug-likeness (QED) is 0.842. The van der Waals surface area contributed by atoms with E-state index in [0.29, 0.717) is 18.5 Å². The van der Waals surface area contributed by atoms with Crippen molar-refractivity contribution in [1.29, 1.82) is 0 Å². The van der Waals surface area contributed by atoms with Crippen molar-refractivity contribution in [2.45, 2.75) is 33.4 Å². The average molecular weight is 250 g/mol. The summed E-state index contributed by atoms with van der Waals surface area (Å²) in [6.45, 7) is 8.12. The lowest BCUT2D eigenvalue weighted by atomic mass is 10.0. The van der Waals surface area contributed by atoms with Crippen molar-refractivity contribution in [2.24, 2.45) is 11.7 Å². The maximum atomic E-state index is 5.84. The first-order valence-corrected chi connectivity index (χ1v) is 6.53. The first-order valence-electron chi connectivity index (χ1n) is 6.53. The third kappa shape index (κ3) is 3.72. The number of nitrogens with zero attached hydrogens (tertiary/aromatic N) is 1. The van der Waals surface area contributed by atoms with Crippen molar-refractivity contribution >= 4 is 0 Å².